The fraction of sp³-hybridized carbons (Fsp3) is 0.556. The molecule has 150 valence electrons. The molecule has 1 heterocycles. The van der Waals surface area contributed by atoms with Crippen LogP contribution in [0, 0.1) is 0 Å². The molecule has 2 rings (SSSR count). The van der Waals surface area contributed by atoms with Gasteiger partial charge in [0.2, 0.25) is 10.0 Å². The molecular formula is C18H26N2O6S. The van der Waals surface area contributed by atoms with Crippen LogP contribution in [-0.2, 0) is 24.3 Å². The summed E-state index contributed by atoms with van der Waals surface area (Å²) in [4.78, 5) is 23.9. The third kappa shape index (κ3) is 5.75. The summed E-state index contributed by atoms with van der Waals surface area (Å²) in [6, 6.07) is 5.48. The van der Waals surface area contributed by atoms with Gasteiger partial charge in [-0.05, 0) is 37.1 Å². The average molecular weight is 398 g/mol. The van der Waals surface area contributed by atoms with Crippen molar-refractivity contribution < 1.29 is 27.5 Å². The Hall–Kier alpha value is -1.97. The number of nitrogens with zero attached hydrogens (tertiary/aromatic N) is 1. The molecule has 0 saturated carbocycles. The molecule has 1 aromatic rings. The predicted molar refractivity (Wildman–Crippen MR) is 98.8 cm³/mol. The Labute approximate surface area is 159 Å². The number of benzene rings is 1. The lowest BCUT2D eigenvalue weighted by Gasteiger charge is -2.18. The van der Waals surface area contributed by atoms with Crippen molar-refractivity contribution in [3.8, 4) is 0 Å². The van der Waals surface area contributed by atoms with Crippen molar-refractivity contribution in [2.45, 2.75) is 37.7 Å². The summed E-state index contributed by atoms with van der Waals surface area (Å²) in [7, 11) is -3.58. The second kappa shape index (κ2) is 9.82. The number of hydrogen-bond donors (Lipinski definition) is 1. The number of ether oxygens (including phenoxy) is 2. The molecule has 0 aliphatic carbocycles. The average Bonchev–Trinajstić information content (AvgIpc) is 3.19. The Balaban J connectivity index is 1.86. The van der Waals surface area contributed by atoms with Crippen LogP contribution in [0.4, 0.5) is 0 Å². The Morgan fingerprint density at radius 3 is 2.44 bits per heavy atom. The smallest absolute Gasteiger partial charge is 0.338 e. The highest BCUT2D eigenvalue weighted by molar-refractivity contribution is 7.89. The zero-order valence-electron chi connectivity index (χ0n) is 15.6. The highest BCUT2D eigenvalue weighted by Crippen LogP contribution is 2.16. The van der Waals surface area contributed by atoms with Crippen LogP contribution in [0.1, 0.15) is 37.0 Å². The summed E-state index contributed by atoms with van der Waals surface area (Å²) in [5.41, 5.74) is 0.181. The first kappa shape index (κ1) is 21.3. The molecule has 0 bridgehead atoms. The van der Waals surface area contributed by atoms with Gasteiger partial charge < -0.3 is 14.8 Å². The van der Waals surface area contributed by atoms with Gasteiger partial charge in [-0.2, -0.15) is 4.31 Å². The van der Waals surface area contributed by atoms with E-state index in [2.05, 4.69) is 5.32 Å². The maximum absolute atomic E-state index is 12.4. The van der Waals surface area contributed by atoms with Crippen LogP contribution < -0.4 is 5.32 Å². The van der Waals surface area contributed by atoms with Crippen LogP contribution in [0.3, 0.4) is 0 Å². The second-order valence-electron chi connectivity index (χ2n) is 6.13. The summed E-state index contributed by atoms with van der Waals surface area (Å²) in [6.07, 6.45) is 1.91. The van der Waals surface area contributed by atoms with E-state index in [1.165, 1.54) is 28.6 Å². The van der Waals surface area contributed by atoms with E-state index in [1.54, 1.807) is 13.8 Å². The summed E-state index contributed by atoms with van der Waals surface area (Å²) in [6.45, 7) is 4.95. The molecule has 0 spiro atoms. The highest BCUT2D eigenvalue weighted by atomic mass is 32.2. The number of hydrogen-bond acceptors (Lipinski definition) is 6. The van der Waals surface area contributed by atoms with Crippen LogP contribution in [0.25, 0.3) is 0 Å². The third-order valence-electron chi connectivity index (χ3n) is 4.32. The maximum atomic E-state index is 12.4. The lowest BCUT2D eigenvalue weighted by molar-refractivity contribution is -0.124. The van der Waals surface area contributed by atoms with Crippen LogP contribution in [0.15, 0.2) is 29.2 Å². The Bertz CT molecular complexity index is 738. The van der Waals surface area contributed by atoms with E-state index in [0.29, 0.717) is 26.2 Å². The molecule has 1 aromatic carbocycles. The molecule has 9 heteroatoms. The number of esters is 1. The Kier molecular flexibility index (Phi) is 7.76. The first-order valence-electron chi connectivity index (χ1n) is 9.04. The van der Waals surface area contributed by atoms with Gasteiger partial charge in [-0.25, -0.2) is 13.2 Å². The number of rotatable bonds is 9. The van der Waals surface area contributed by atoms with Gasteiger partial charge in [0.05, 0.1) is 16.6 Å². The SMILES string of the molecule is CCN(CC)S(=O)(=O)c1ccc(C(=O)OCC(=O)NC[C@H]2CCCO2)cc1. The van der Waals surface area contributed by atoms with Crippen molar-refractivity contribution in [2.75, 3.05) is 32.8 Å². The van der Waals surface area contributed by atoms with Crippen molar-refractivity contribution >= 4 is 21.9 Å². The number of nitrogens with one attached hydrogen (secondary N) is 1. The molecule has 1 aliphatic heterocycles. The maximum Gasteiger partial charge on any atom is 0.338 e. The van der Waals surface area contributed by atoms with E-state index in [0.717, 1.165) is 12.8 Å². The molecule has 0 radical (unpaired) electrons. The number of carbonyl (C=O) groups is 2. The highest BCUT2D eigenvalue weighted by Gasteiger charge is 2.22. The van der Waals surface area contributed by atoms with Gasteiger partial charge in [-0.1, -0.05) is 13.8 Å². The monoisotopic (exact) mass is 398 g/mol. The van der Waals surface area contributed by atoms with Crippen molar-refractivity contribution in [2.24, 2.45) is 0 Å². The third-order valence-corrected chi connectivity index (χ3v) is 6.38. The topological polar surface area (TPSA) is 102 Å². The quantitative estimate of drug-likeness (QED) is 0.627. The molecule has 27 heavy (non-hydrogen) atoms. The van der Waals surface area contributed by atoms with E-state index < -0.39 is 28.5 Å². The van der Waals surface area contributed by atoms with Crippen LogP contribution in [0.2, 0.25) is 0 Å². The molecule has 0 unspecified atom stereocenters. The molecule has 8 nitrogen and oxygen atoms in total. The Morgan fingerprint density at radius 1 is 1.22 bits per heavy atom. The molecule has 1 N–H and O–H groups in total. The summed E-state index contributed by atoms with van der Waals surface area (Å²) in [5, 5.41) is 2.66. The van der Waals surface area contributed by atoms with E-state index >= 15 is 0 Å². The first-order chi connectivity index (χ1) is 12.9. The fourth-order valence-electron chi connectivity index (χ4n) is 2.77. The molecule has 1 saturated heterocycles. The summed E-state index contributed by atoms with van der Waals surface area (Å²) in [5.74, 6) is -1.09. The minimum Gasteiger partial charge on any atom is -0.452 e. The van der Waals surface area contributed by atoms with Gasteiger partial charge >= 0.3 is 5.97 Å². The predicted octanol–water partition coefficient (Wildman–Crippen LogP) is 1.17. The van der Waals surface area contributed by atoms with Crippen LogP contribution >= 0.6 is 0 Å². The minimum atomic E-state index is -3.58. The minimum absolute atomic E-state index is 0.0185. The molecule has 1 fully saturated rings. The molecular weight excluding hydrogens is 372 g/mol. The van der Waals surface area contributed by atoms with E-state index in [9.17, 15) is 18.0 Å². The molecule has 1 amide bonds. The van der Waals surface area contributed by atoms with Gasteiger partial charge in [0, 0.05) is 26.2 Å². The van der Waals surface area contributed by atoms with E-state index in [-0.39, 0.29) is 16.6 Å². The lowest BCUT2D eigenvalue weighted by Crippen LogP contribution is -2.34. The first-order valence-corrected chi connectivity index (χ1v) is 10.5. The van der Waals surface area contributed by atoms with Crippen molar-refractivity contribution in [3.05, 3.63) is 29.8 Å². The zero-order chi connectivity index (χ0) is 19.9. The van der Waals surface area contributed by atoms with Gasteiger partial charge in [0.15, 0.2) is 6.61 Å². The van der Waals surface area contributed by atoms with E-state index in [4.69, 9.17) is 9.47 Å². The standard InChI is InChI=1S/C18H26N2O6S/c1-3-20(4-2)27(23,24)16-9-7-14(8-10-16)18(22)26-13-17(21)19-12-15-6-5-11-25-15/h7-10,15H,3-6,11-13H2,1-2H3,(H,19,21)/t15-/m1/s1. The van der Waals surface area contributed by atoms with Crippen molar-refractivity contribution in [3.63, 3.8) is 0 Å². The summed E-state index contributed by atoms with van der Waals surface area (Å²) >= 11 is 0. The van der Waals surface area contributed by atoms with Gasteiger partial charge in [-0.3, -0.25) is 4.79 Å². The normalized spacial score (nSPS) is 17.1. The molecule has 1 atom stereocenters. The van der Waals surface area contributed by atoms with Crippen LogP contribution in [-0.4, -0.2) is 63.6 Å². The van der Waals surface area contributed by atoms with Crippen LogP contribution in [0.5, 0.6) is 0 Å². The molecule has 0 aromatic heterocycles. The summed E-state index contributed by atoms with van der Waals surface area (Å²) < 4.78 is 36.5. The fourth-order valence-corrected chi connectivity index (χ4v) is 4.23. The van der Waals surface area contributed by atoms with E-state index in [1.807, 2.05) is 0 Å². The largest absolute Gasteiger partial charge is 0.452 e. The van der Waals surface area contributed by atoms with Gasteiger partial charge in [-0.15, -0.1) is 0 Å². The number of sulfonamides is 1. The number of amides is 1. The van der Waals surface area contributed by atoms with Crippen molar-refractivity contribution in [1.82, 2.24) is 9.62 Å². The lowest BCUT2D eigenvalue weighted by atomic mass is 10.2. The van der Waals surface area contributed by atoms with Gasteiger partial charge in [0.1, 0.15) is 0 Å². The molecule has 1 aliphatic rings. The Morgan fingerprint density at radius 2 is 1.89 bits per heavy atom. The second-order valence-corrected chi connectivity index (χ2v) is 8.07. The van der Waals surface area contributed by atoms with Crippen molar-refractivity contribution in [1.29, 1.82) is 0 Å². The zero-order valence-corrected chi connectivity index (χ0v) is 16.5. The number of carbonyl (C=O) groups excluding carboxylic acids is 2. The van der Waals surface area contributed by atoms with Gasteiger partial charge in [0.25, 0.3) is 5.91 Å².